The molecule has 0 atom stereocenters. The van der Waals surface area contributed by atoms with Crippen molar-refractivity contribution in [1.29, 1.82) is 0 Å². The van der Waals surface area contributed by atoms with Gasteiger partial charge in [-0.25, -0.2) is 0 Å². The van der Waals surface area contributed by atoms with Gasteiger partial charge >= 0.3 is 5.97 Å². The molecule has 4 rings (SSSR count). The summed E-state index contributed by atoms with van der Waals surface area (Å²) in [6.07, 6.45) is 0.262. The highest BCUT2D eigenvalue weighted by Crippen LogP contribution is 2.40. The Bertz CT molecular complexity index is 1170. The second-order valence-corrected chi connectivity index (χ2v) is 7.14. The number of carbonyl (C=O) groups excluding carboxylic acids is 1. The zero-order valence-corrected chi connectivity index (χ0v) is 16.1. The summed E-state index contributed by atoms with van der Waals surface area (Å²) in [6, 6.07) is 16.9. The van der Waals surface area contributed by atoms with E-state index < -0.39 is 0 Å². The third-order valence-corrected chi connectivity index (χ3v) is 5.47. The minimum absolute atomic E-state index is 0.221. The maximum Gasteiger partial charge on any atom is 0.310 e. The van der Waals surface area contributed by atoms with Gasteiger partial charge in [-0.15, -0.1) is 0 Å². The Kier molecular flexibility index (Phi) is 4.23. The molecule has 0 aliphatic carbocycles. The van der Waals surface area contributed by atoms with Crippen molar-refractivity contribution < 1.29 is 9.53 Å². The number of rotatable bonds is 3. The Balaban J connectivity index is 2.12. The predicted molar refractivity (Wildman–Crippen MR) is 111 cm³/mol. The van der Waals surface area contributed by atoms with E-state index >= 15 is 0 Å². The number of aromatic amines is 1. The van der Waals surface area contributed by atoms with Gasteiger partial charge in [0.1, 0.15) is 0 Å². The highest BCUT2D eigenvalue weighted by Gasteiger charge is 2.21. The number of hydrogen-bond donors (Lipinski definition) is 1. The molecule has 136 valence electrons. The highest BCUT2D eigenvalue weighted by atomic mass is 16.5. The monoisotopic (exact) mass is 357 g/mol. The van der Waals surface area contributed by atoms with Crippen molar-refractivity contribution in [1.82, 2.24) is 4.98 Å². The molecule has 3 aromatic carbocycles. The number of nitrogens with one attached hydrogen (secondary N) is 1. The van der Waals surface area contributed by atoms with Gasteiger partial charge in [-0.3, -0.25) is 4.79 Å². The summed E-state index contributed by atoms with van der Waals surface area (Å²) >= 11 is 0. The lowest BCUT2D eigenvalue weighted by atomic mass is 9.87. The fourth-order valence-electron chi connectivity index (χ4n) is 4.05. The summed E-state index contributed by atoms with van der Waals surface area (Å²) in [6.45, 7) is 6.32. The van der Waals surface area contributed by atoms with Crippen LogP contribution in [0.25, 0.3) is 32.9 Å². The number of ether oxygens (including phenoxy) is 1. The van der Waals surface area contributed by atoms with Crippen molar-refractivity contribution in [2.24, 2.45) is 0 Å². The lowest BCUT2D eigenvalue weighted by Gasteiger charge is -2.18. The molecule has 0 amide bonds. The molecule has 0 spiro atoms. The first kappa shape index (κ1) is 17.3. The van der Waals surface area contributed by atoms with Gasteiger partial charge in [0.05, 0.1) is 19.0 Å². The van der Waals surface area contributed by atoms with Crippen LogP contribution in [0.1, 0.15) is 22.3 Å². The minimum Gasteiger partial charge on any atom is -0.469 e. The SMILES string of the molecule is COC(=O)Cc1c(-c2ccc(C)cc2)c(C)c2c([nH]c3ccccc32)c1C. The van der Waals surface area contributed by atoms with Crippen molar-refractivity contribution in [3.05, 3.63) is 70.8 Å². The number of aryl methyl sites for hydroxylation is 3. The molecule has 0 bridgehead atoms. The van der Waals surface area contributed by atoms with Crippen LogP contribution >= 0.6 is 0 Å². The number of benzene rings is 3. The van der Waals surface area contributed by atoms with E-state index in [1.165, 1.54) is 29.0 Å². The van der Waals surface area contributed by atoms with Crippen LogP contribution in [0.2, 0.25) is 0 Å². The van der Waals surface area contributed by atoms with Crippen LogP contribution in [0.5, 0.6) is 0 Å². The number of H-pyrrole nitrogens is 1. The molecule has 1 N–H and O–H groups in total. The lowest BCUT2D eigenvalue weighted by molar-refractivity contribution is -0.139. The summed E-state index contributed by atoms with van der Waals surface area (Å²) in [4.78, 5) is 15.7. The van der Waals surface area contributed by atoms with Crippen LogP contribution in [0, 0.1) is 20.8 Å². The van der Waals surface area contributed by atoms with E-state index in [9.17, 15) is 4.79 Å². The second-order valence-electron chi connectivity index (χ2n) is 7.14. The lowest BCUT2D eigenvalue weighted by Crippen LogP contribution is -2.09. The molecule has 4 aromatic rings. The van der Waals surface area contributed by atoms with E-state index in [1.54, 1.807) is 0 Å². The maximum absolute atomic E-state index is 12.2. The van der Waals surface area contributed by atoms with Gasteiger partial charge in [-0.2, -0.15) is 0 Å². The van der Waals surface area contributed by atoms with E-state index in [0.717, 1.165) is 33.3 Å². The quantitative estimate of drug-likeness (QED) is 0.483. The van der Waals surface area contributed by atoms with Gasteiger partial charge < -0.3 is 9.72 Å². The first-order valence-corrected chi connectivity index (χ1v) is 9.17. The topological polar surface area (TPSA) is 42.1 Å². The molecule has 0 aliphatic rings. The average molecular weight is 357 g/mol. The molecule has 0 unspecified atom stereocenters. The van der Waals surface area contributed by atoms with E-state index in [0.29, 0.717) is 0 Å². The number of fused-ring (bicyclic) bond motifs is 3. The molecule has 27 heavy (non-hydrogen) atoms. The Morgan fingerprint density at radius 2 is 1.67 bits per heavy atom. The van der Waals surface area contributed by atoms with Crippen molar-refractivity contribution in [3.63, 3.8) is 0 Å². The second kappa shape index (κ2) is 6.58. The van der Waals surface area contributed by atoms with Crippen molar-refractivity contribution in [2.45, 2.75) is 27.2 Å². The normalized spacial score (nSPS) is 11.3. The zero-order chi connectivity index (χ0) is 19.1. The third kappa shape index (κ3) is 2.80. The van der Waals surface area contributed by atoms with Crippen molar-refractivity contribution in [2.75, 3.05) is 7.11 Å². The molecule has 0 radical (unpaired) electrons. The summed E-state index contributed by atoms with van der Waals surface area (Å²) in [7, 11) is 1.44. The van der Waals surface area contributed by atoms with Crippen LogP contribution in [0.15, 0.2) is 48.5 Å². The van der Waals surface area contributed by atoms with Gasteiger partial charge in [-0.05, 0) is 54.7 Å². The fraction of sp³-hybridized carbons (Fsp3) is 0.208. The van der Waals surface area contributed by atoms with Gasteiger partial charge in [0, 0.05) is 16.3 Å². The van der Waals surface area contributed by atoms with Gasteiger partial charge in [-0.1, -0.05) is 48.0 Å². The molecular weight excluding hydrogens is 334 g/mol. The Hall–Kier alpha value is -3.07. The van der Waals surface area contributed by atoms with Crippen LogP contribution in [0.4, 0.5) is 0 Å². The average Bonchev–Trinajstić information content (AvgIpc) is 3.07. The Morgan fingerprint density at radius 3 is 2.37 bits per heavy atom. The number of aromatic nitrogens is 1. The van der Waals surface area contributed by atoms with Crippen molar-refractivity contribution in [3.8, 4) is 11.1 Å². The highest BCUT2D eigenvalue weighted by molar-refractivity contribution is 6.12. The van der Waals surface area contributed by atoms with Gasteiger partial charge in [0.15, 0.2) is 0 Å². The molecule has 1 aromatic heterocycles. The van der Waals surface area contributed by atoms with Gasteiger partial charge in [0.25, 0.3) is 0 Å². The van der Waals surface area contributed by atoms with E-state index in [1.807, 2.05) is 6.07 Å². The van der Waals surface area contributed by atoms with Crippen LogP contribution in [0.3, 0.4) is 0 Å². The van der Waals surface area contributed by atoms with E-state index in [4.69, 9.17) is 4.74 Å². The van der Waals surface area contributed by atoms with E-state index in [-0.39, 0.29) is 12.4 Å². The molecular formula is C24H23NO2. The largest absolute Gasteiger partial charge is 0.469 e. The third-order valence-electron chi connectivity index (χ3n) is 5.47. The summed E-state index contributed by atoms with van der Waals surface area (Å²) in [5.74, 6) is -0.221. The molecule has 3 heteroatoms. The van der Waals surface area contributed by atoms with E-state index in [2.05, 4.69) is 68.2 Å². The fourth-order valence-corrected chi connectivity index (χ4v) is 4.05. The zero-order valence-electron chi connectivity index (χ0n) is 16.1. The van der Waals surface area contributed by atoms with Crippen LogP contribution in [-0.2, 0) is 16.0 Å². The molecule has 0 saturated heterocycles. The Labute approximate surface area is 159 Å². The number of hydrogen-bond acceptors (Lipinski definition) is 2. The maximum atomic E-state index is 12.2. The number of para-hydroxylation sites is 1. The number of esters is 1. The molecule has 0 aliphatic heterocycles. The van der Waals surface area contributed by atoms with Crippen molar-refractivity contribution >= 4 is 27.8 Å². The molecule has 3 nitrogen and oxygen atoms in total. The smallest absolute Gasteiger partial charge is 0.310 e. The summed E-state index contributed by atoms with van der Waals surface area (Å²) < 4.78 is 4.98. The summed E-state index contributed by atoms with van der Waals surface area (Å²) in [5.41, 5.74) is 9.02. The minimum atomic E-state index is -0.221. The Morgan fingerprint density at radius 1 is 0.963 bits per heavy atom. The molecule has 0 saturated carbocycles. The van der Waals surface area contributed by atoms with Crippen LogP contribution < -0.4 is 0 Å². The first-order chi connectivity index (χ1) is 13.0. The number of methoxy groups -OCH3 is 1. The van der Waals surface area contributed by atoms with Crippen LogP contribution in [-0.4, -0.2) is 18.1 Å². The standard InChI is InChI=1S/C24H23NO2/c1-14-9-11-17(12-10-14)22-16(3)23-18-7-5-6-8-20(18)25-24(23)15(2)19(22)13-21(26)27-4/h5-12,25H,13H2,1-4H3. The molecule has 1 heterocycles. The number of carbonyl (C=O) groups is 1. The molecule has 0 fully saturated rings. The summed E-state index contributed by atoms with van der Waals surface area (Å²) in [5, 5.41) is 2.44. The predicted octanol–water partition coefficient (Wildman–Crippen LogP) is 5.63. The first-order valence-electron chi connectivity index (χ1n) is 9.17. The van der Waals surface area contributed by atoms with Gasteiger partial charge in [0.2, 0.25) is 0 Å².